The third kappa shape index (κ3) is 4.87. The Morgan fingerprint density at radius 1 is 1.22 bits per heavy atom. The molecule has 1 rings (SSSR count). The molecule has 3 unspecified atom stereocenters. The molecule has 0 aliphatic carbocycles. The normalized spacial score (nSPS) is 26.2. The summed E-state index contributed by atoms with van der Waals surface area (Å²) < 4.78 is 0. The highest BCUT2D eigenvalue weighted by molar-refractivity contribution is 4.85. The number of hydrogen-bond donors (Lipinski definition) is 1. The van der Waals surface area contributed by atoms with Crippen LogP contribution in [0.4, 0.5) is 0 Å². The van der Waals surface area contributed by atoms with Crippen LogP contribution >= 0.6 is 0 Å². The van der Waals surface area contributed by atoms with Crippen LogP contribution in [0.25, 0.3) is 0 Å². The number of hydrogen-bond acceptors (Lipinski definition) is 3. The van der Waals surface area contributed by atoms with Gasteiger partial charge in [-0.15, -0.1) is 0 Å². The smallest absolute Gasteiger partial charge is 0.0235 e. The Hall–Kier alpha value is -0.120. The van der Waals surface area contributed by atoms with E-state index in [9.17, 15) is 0 Å². The molecular formula is C15H33N3. The van der Waals surface area contributed by atoms with Gasteiger partial charge < -0.3 is 15.1 Å². The molecule has 1 heterocycles. The zero-order valence-corrected chi connectivity index (χ0v) is 13.1. The number of rotatable bonds is 7. The van der Waals surface area contributed by atoms with Crippen molar-refractivity contribution in [3.63, 3.8) is 0 Å². The highest BCUT2D eigenvalue weighted by Gasteiger charge is 2.27. The van der Waals surface area contributed by atoms with Crippen LogP contribution in [0, 0.1) is 5.92 Å². The third-order valence-electron chi connectivity index (χ3n) is 4.40. The lowest BCUT2D eigenvalue weighted by Gasteiger charge is -2.40. The van der Waals surface area contributed by atoms with Crippen LogP contribution in [0.1, 0.15) is 40.0 Å². The molecule has 3 heteroatoms. The zero-order chi connectivity index (χ0) is 13.5. The van der Waals surface area contributed by atoms with Crippen LogP contribution in [-0.4, -0.2) is 62.2 Å². The molecule has 0 aromatic carbocycles. The van der Waals surface area contributed by atoms with Gasteiger partial charge in [0.25, 0.3) is 0 Å². The van der Waals surface area contributed by atoms with E-state index in [0.717, 1.165) is 12.5 Å². The van der Waals surface area contributed by atoms with Gasteiger partial charge in [0, 0.05) is 31.7 Å². The second-order valence-electron chi connectivity index (χ2n) is 6.06. The van der Waals surface area contributed by atoms with E-state index in [-0.39, 0.29) is 0 Å². The highest BCUT2D eigenvalue weighted by Crippen LogP contribution is 2.19. The lowest BCUT2D eigenvalue weighted by atomic mass is 9.90. The first-order chi connectivity index (χ1) is 8.58. The molecule has 0 bridgehead atoms. The lowest BCUT2D eigenvalue weighted by molar-refractivity contribution is 0.0948. The largest absolute Gasteiger partial charge is 0.314 e. The van der Waals surface area contributed by atoms with Crippen molar-refractivity contribution in [2.75, 3.05) is 40.3 Å². The second kappa shape index (κ2) is 8.13. The van der Waals surface area contributed by atoms with Crippen molar-refractivity contribution in [2.45, 2.75) is 52.1 Å². The Labute approximate surface area is 114 Å². The minimum atomic E-state index is 0.675. The molecule has 1 aliphatic heterocycles. The predicted octanol–water partition coefficient (Wildman–Crippen LogP) is 2.04. The Kier molecular flexibility index (Phi) is 7.20. The molecule has 0 aromatic heterocycles. The maximum absolute atomic E-state index is 3.70. The second-order valence-corrected chi connectivity index (χ2v) is 6.06. The highest BCUT2D eigenvalue weighted by atomic mass is 15.3. The van der Waals surface area contributed by atoms with Crippen LogP contribution in [0.5, 0.6) is 0 Å². The van der Waals surface area contributed by atoms with Gasteiger partial charge in [-0.1, -0.05) is 27.2 Å². The minimum absolute atomic E-state index is 0.675. The van der Waals surface area contributed by atoms with E-state index < -0.39 is 0 Å². The molecule has 3 atom stereocenters. The SMILES string of the molecule is CCCC(C)C(CC1CN(C)CCN1C)NCC. The molecule has 1 saturated heterocycles. The van der Waals surface area contributed by atoms with Crippen LogP contribution in [0.3, 0.4) is 0 Å². The van der Waals surface area contributed by atoms with Gasteiger partial charge >= 0.3 is 0 Å². The molecule has 1 fully saturated rings. The molecule has 0 aromatic rings. The molecule has 18 heavy (non-hydrogen) atoms. The van der Waals surface area contributed by atoms with Crippen molar-refractivity contribution in [1.82, 2.24) is 15.1 Å². The molecule has 0 spiro atoms. The first-order valence-corrected chi connectivity index (χ1v) is 7.70. The molecule has 1 aliphatic rings. The average Bonchev–Trinajstić information content (AvgIpc) is 2.33. The van der Waals surface area contributed by atoms with Gasteiger partial charge in [0.15, 0.2) is 0 Å². The van der Waals surface area contributed by atoms with Crippen molar-refractivity contribution >= 4 is 0 Å². The summed E-state index contributed by atoms with van der Waals surface area (Å²) >= 11 is 0. The van der Waals surface area contributed by atoms with Crippen molar-refractivity contribution in [2.24, 2.45) is 5.92 Å². The van der Waals surface area contributed by atoms with Crippen molar-refractivity contribution in [3.8, 4) is 0 Å². The average molecular weight is 255 g/mol. The summed E-state index contributed by atoms with van der Waals surface area (Å²) in [6.07, 6.45) is 3.92. The quantitative estimate of drug-likeness (QED) is 0.751. The van der Waals surface area contributed by atoms with Crippen LogP contribution in [-0.2, 0) is 0 Å². The summed E-state index contributed by atoms with van der Waals surface area (Å²) in [5.74, 6) is 0.788. The van der Waals surface area contributed by atoms with Crippen LogP contribution in [0.15, 0.2) is 0 Å². The third-order valence-corrected chi connectivity index (χ3v) is 4.40. The number of nitrogens with zero attached hydrogens (tertiary/aromatic N) is 2. The maximum atomic E-state index is 3.70. The molecule has 3 nitrogen and oxygen atoms in total. The predicted molar refractivity (Wildman–Crippen MR) is 80.1 cm³/mol. The van der Waals surface area contributed by atoms with E-state index >= 15 is 0 Å². The van der Waals surface area contributed by atoms with Gasteiger partial charge in [-0.3, -0.25) is 0 Å². The Bertz CT molecular complexity index is 220. The monoisotopic (exact) mass is 255 g/mol. The van der Waals surface area contributed by atoms with Crippen molar-refractivity contribution in [3.05, 3.63) is 0 Å². The van der Waals surface area contributed by atoms with Crippen molar-refractivity contribution in [1.29, 1.82) is 0 Å². The van der Waals surface area contributed by atoms with Gasteiger partial charge in [-0.25, -0.2) is 0 Å². The van der Waals surface area contributed by atoms with Gasteiger partial charge in [-0.05, 0) is 39.4 Å². The first-order valence-electron chi connectivity index (χ1n) is 7.70. The summed E-state index contributed by atoms with van der Waals surface area (Å²) in [5, 5.41) is 3.70. The number of nitrogens with one attached hydrogen (secondary N) is 1. The molecular weight excluding hydrogens is 222 g/mol. The van der Waals surface area contributed by atoms with E-state index in [2.05, 4.69) is 50.0 Å². The zero-order valence-electron chi connectivity index (χ0n) is 13.1. The summed E-state index contributed by atoms with van der Waals surface area (Å²) in [7, 11) is 4.53. The minimum Gasteiger partial charge on any atom is -0.314 e. The summed E-state index contributed by atoms with van der Waals surface area (Å²) in [5.41, 5.74) is 0. The standard InChI is InChI=1S/C15H33N3/c1-6-8-13(3)15(16-7-2)11-14-12-17(4)9-10-18(14)5/h13-16H,6-12H2,1-5H3. The lowest BCUT2D eigenvalue weighted by Crippen LogP contribution is -2.53. The van der Waals surface area contributed by atoms with E-state index in [0.29, 0.717) is 12.1 Å². The topological polar surface area (TPSA) is 18.5 Å². The van der Waals surface area contributed by atoms with Crippen LogP contribution in [0.2, 0.25) is 0 Å². The number of likely N-dealkylation sites (N-methyl/N-ethyl adjacent to an activating group) is 2. The summed E-state index contributed by atoms with van der Waals surface area (Å²) in [6, 6.07) is 1.39. The van der Waals surface area contributed by atoms with Gasteiger partial charge in [0.1, 0.15) is 0 Å². The molecule has 108 valence electrons. The van der Waals surface area contributed by atoms with Crippen LogP contribution < -0.4 is 5.32 Å². The summed E-state index contributed by atoms with van der Waals surface area (Å²) in [4.78, 5) is 5.02. The number of piperazine rings is 1. The van der Waals surface area contributed by atoms with Gasteiger partial charge in [0.05, 0.1) is 0 Å². The fourth-order valence-corrected chi connectivity index (χ4v) is 3.08. The summed E-state index contributed by atoms with van der Waals surface area (Å²) in [6.45, 7) is 11.7. The van der Waals surface area contributed by atoms with Crippen molar-refractivity contribution < 1.29 is 0 Å². The van der Waals surface area contributed by atoms with E-state index in [1.807, 2.05) is 0 Å². The van der Waals surface area contributed by atoms with Gasteiger partial charge in [0.2, 0.25) is 0 Å². The fraction of sp³-hybridized carbons (Fsp3) is 1.00. The molecule has 0 amide bonds. The van der Waals surface area contributed by atoms with Gasteiger partial charge in [-0.2, -0.15) is 0 Å². The maximum Gasteiger partial charge on any atom is 0.0235 e. The van der Waals surface area contributed by atoms with E-state index in [1.54, 1.807) is 0 Å². The Balaban J connectivity index is 2.52. The molecule has 0 radical (unpaired) electrons. The molecule has 1 N–H and O–H groups in total. The van der Waals surface area contributed by atoms with E-state index in [1.165, 1.54) is 38.9 Å². The Morgan fingerprint density at radius 3 is 2.56 bits per heavy atom. The molecule has 0 saturated carbocycles. The van der Waals surface area contributed by atoms with E-state index in [4.69, 9.17) is 0 Å². The fourth-order valence-electron chi connectivity index (χ4n) is 3.08. The Morgan fingerprint density at radius 2 is 1.94 bits per heavy atom. The first kappa shape index (κ1) is 15.9.